The molecule has 3 aromatic rings. The zero-order valence-corrected chi connectivity index (χ0v) is 16.7. The van der Waals surface area contributed by atoms with Crippen molar-refractivity contribution in [2.45, 2.75) is 43.2 Å². The third-order valence-corrected chi connectivity index (χ3v) is 5.34. The summed E-state index contributed by atoms with van der Waals surface area (Å²) in [5, 5.41) is 7.15. The number of nitrogens with zero attached hydrogens (tertiary/aromatic N) is 3. The molecule has 6 heteroatoms. The minimum atomic E-state index is 0.263. The summed E-state index contributed by atoms with van der Waals surface area (Å²) in [6.45, 7) is 6.32. The maximum Gasteiger partial charge on any atom is 0.103 e. The summed E-state index contributed by atoms with van der Waals surface area (Å²) in [5.41, 5.74) is 3.41. The van der Waals surface area contributed by atoms with Gasteiger partial charge in [-0.2, -0.15) is 5.10 Å². The SMILES string of the molecule is Cc1nn(C(C)C)c(Sc2cc(Cl)cc(Cl)c2)c1Cc1cccnc1. The third kappa shape index (κ3) is 4.38. The molecule has 0 N–H and O–H groups in total. The first-order valence-electron chi connectivity index (χ1n) is 8.05. The Kier molecular flexibility index (Phi) is 5.72. The molecule has 2 heterocycles. The molecule has 0 aliphatic heterocycles. The van der Waals surface area contributed by atoms with Crippen LogP contribution in [-0.2, 0) is 6.42 Å². The topological polar surface area (TPSA) is 30.7 Å². The molecular weight excluding hydrogens is 373 g/mol. The number of rotatable bonds is 5. The van der Waals surface area contributed by atoms with E-state index >= 15 is 0 Å². The van der Waals surface area contributed by atoms with Crippen LogP contribution in [0.4, 0.5) is 0 Å². The van der Waals surface area contributed by atoms with Crippen molar-refractivity contribution in [3.63, 3.8) is 0 Å². The van der Waals surface area contributed by atoms with Gasteiger partial charge in [0, 0.05) is 45.4 Å². The van der Waals surface area contributed by atoms with E-state index in [0.29, 0.717) is 10.0 Å². The Morgan fingerprint density at radius 2 is 1.88 bits per heavy atom. The van der Waals surface area contributed by atoms with Crippen LogP contribution in [0.15, 0.2) is 52.6 Å². The van der Waals surface area contributed by atoms with E-state index in [1.165, 1.54) is 11.1 Å². The second kappa shape index (κ2) is 7.81. The molecule has 0 fully saturated rings. The molecule has 0 radical (unpaired) electrons. The zero-order chi connectivity index (χ0) is 18.0. The molecule has 0 unspecified atom stereocenters. The first kappa shape index (κ1) is 18.3. The first-order valence-corrected chi connectivity index (χ1v) is 9.62. The summed E-state index contributed by atoms with van der Waals surface area (Å²) in [6.07, 6.45) is 4.48. The minimum Gasteiger partial charge on any atom is -0.264 e. The van der Waals surface area contributed by atoms with E-state index in [-0.39, 0.29) is 6.04 Å². The Bertz CT molecular complexity index is 856. The Morgan fingerprint density at radius 3 is 2.48 bits per heavy atom. The van der Waals surface area contributed by atoms with E-state index < -0.39 is 0 Å². The van der Waals surface area contributed by atoms with Crippen LogP contribution in [0.2, 0.25) is 10.0 Å². The van der Waals surface area contributed by atoms with Crippen molar-refractivity contribution in [3.8, 4) is 0 Å². The maximum absolute atomic E-state index is 6.16. The monoisotopic (exact) mass is 391 g/mol. The zero-order valence-electron chi connectivity index (χ0n) is 14.3. The number of aromatic nitrogens is 3. The van der Waals surface area contributed by atoms with E-state index in [1.54, 1.807) is 24.0 Å². The number of hydrogen-bond donors (Lipinski definition) is 0. The summed E-state index contributed by atoms with van der Waals surface area (Å²) in [5.74, 6) is 0. The molecule has 0 aliphatic rings. The normalized spacial score (nSPS) is 11.3. The van der Waals surface area contributed by atoms with Crippen LogP contribution >= 0.6 is 35.0 Å². The summed E-state index contributed by atoms with van der Waals surface area (Å²) in [4.78, 5) is 5.23. The lowest BCUT2D eigenvalue weighted by Gasteiger charge is -2.13. The average molecular weight is 392 g/mol. The molecule has 0 aliphatic carbocycles. The number of benzene rings is 1. The molecule has 25 heavy (non-hydrogen) atoms. The Balaban J connectivity index is 2.03. The van der Waals surface area contributed by atoms with Gasteiger partial charge in [-0.15, -0.1) is 0 Å². The predicted octanol–water partition coefficient (Wildman–Crippen LogP) is 6.22. The molecular formula is C19H19Cl2N3S. The minimum absolute atomic E-state index is 0.263. The Hall–Kier alpha value is -1.49. The lowest BCUT2D eigenvalue weighted by molar-refractivity contribution is 0.489. The Labute approximate surface area is 162 Å². The van der Waals surface area contributed by atoms with Crippen LogP contribution in [0.25, 0.3) is 0 Å². The van der Waals surface area contributed by atoms with Crippen molar-refractivity contribution in [1.82, 2.24) is 14.8 Å². The summed E-state index contributed by atoms with van der Waals surface area (Å²) >= 11 is 14.0. The van der Waals surface area contributed by atoms with Gasteiger partial charge in [-0.3, -0.25) is 9.67 Å². The van der Waals surface area contributed by atoms with Crippen molar-refractivity contribution in [2.75, 3.05) is 0 Å². The van der Waals surface area contributed by atoms with Gasteiger partial charge in [0.2, 0.25) is 0 Å². The van der Waals surface area contributed by atoms with E-state index in [4.69, 9.17) is 28.3 Å². The average Bonchev–Trinajstić information content (AvgIpc) is 2.84. The van der Waals surface area contributed by atoms with E-state index in [9.17, 15) is 0 Å². The van der Waals surface area contributed by atoms with Crippen LogP contribution in [0.1, 0.15) is 36.7 Å². The quantitative estimate of drug-likeness (QED) is 0.517. The van der Waals surface area contributed by atoms with Crippen LogP contribution in [0, 0.1) is 6.92 Å². The van der Waals surface area contributed by atoms with E-state index in [0.717, 1.165) is 22.0 Å². The summed E-state index contributed by atoms with van der Waals surface area (Å²) in [7, 11) is 0. The van der Waals surface area contributed by atoms with Crippen molar-refractivity contribution in [2.24, 2.45) is 0 Å². The number of pyridine rings is 1. The molecule has 130 valence electrons. The smallest absolute Gasteiger partial charge is 0.103 e. The van der Waals surface area contributed by atoms with Gasteiger partial charge < -0.3 is 0 Å². The molecule has 0 spiro atoms. The van der Waals surface area contributed by atoms with E-state index in [1.807, 2.05) is 24.4 Å². The molecule has 3 rings (SSSR count). The fourth-order valence-electron chi connectivity index (χ4n) is 2.63. The molecule has 2 aromatic heterocycles. The molecule has 0 saturated heterocycles. The van der Waals surface area contributed by atoms with Crippen molar-refractivity contribution < 1.29 is 0 Å². The lowest BCUT2D eigenvalue weighted by atomic mass is 10.1. The summed E-state index contributed by atoms with van der Waals surface area (Å²) < 4.78 is 2.07. The maximum atomic E-state index is 6.16. The number of hydrogen-bond acceptors (Lipinski definition) is 3. The fourth-order valence-corrected chi connectivity index (χ4v) is 4.57. The number of aryl methyl sites for hydroxylation is 1. The molecule has 1 aromatic carbocycles. The highest BCUT2D eigenvalue weighted by atomic mass is 35.5. The first-order chi connectivity index (χ1) is 11.9. The predicted molar refractivity (Wildman–Crippen MR) is 105 cm³/mol. The van der Waals surface area contributed by atoms with Crippen LogP contribution in [0.5, 0.6) is 0 Å². The van der Waals surface area contributed by atoms with Gasteiger partial charge in [-0.1, -0.05) is 41.0 Å². The molecule has 3 nitrogen and oxygen atoms in total. The molecule has 0 saturated carbocycles. The second-order valence-corrected chi connectivity index (χ2v) is 8.09. The van der Waals surface area contributed by atoms with Crippen LogP contribution in [0.3, 0.4) is 0 Å². The third-order valence-electron chi connectivity index (χ3n) is 3.80. The van der Waals surface area contributed by atoms with Crippen LogP contribution < -0.4 is 0 Å². The van der Waals surface area contributed by atoms with E-state index in [2.05, 4.69) is 36.5 Å². The van der Waals surface area contributed by atoms with Gasteiger partial charge in [0.05, 0.1) is 5.69 Å². The summed E-state index contributed by atoms with van der Waals surface area (Å²) in [6, 6.07) is 9.91. The highest BCUT2D eigenvalue weighted by Crippen LogP contribution is 2.37. The van der Waals surface area contributed by atoms with Gasteiger partial charge in [0.25, 0.3) is 0 Å². The van der Waals surface area contributed by atoms with Crippen molar-refractivity contribution in [3.05, 3.63) is 69.6 Å². The molecule has 0 bridgehead atoms. The van der Waals surface area contributed by atoms with Crippen molar-refractivity contribution in [1.29, 1.82) is 0 Å². The van der Waals surface area contributed by atoms with Crippen LogP contribution in [-0.4, -0.2) is 14.8 Å². The van der Waals surface area contributed by atoms with Gasteiger partial charge in [0.1, 0.15) is 5.03 Å². The fraction of sp³-hybridized carbons (Fsp3) is 0.263. The molecule has 0 atom stereocenters. The highest BCUT2D eigenvalue weighted by Gasteiger charge is 2.19. The largest absolute Gasteiger partial charge is 0.264 e. The number of halogens is 2. The van der Waals surface area contributed by atoms with Gasteiger partial charge in [0.15, 0.2) is 0 Å². The Morgan fingerprint density at radius 1 is 1.16 bits per heavy atom. The standard InChI is InChI=1S/C19H19Cl2N3S/c1-12(2)24-19(25-17-9-15(20)8-16(21)10-17)18(13(3)23-24)7-14-5-4-6-22-11-14/h4-6,8-12H,7H2,1-3H3. The second-order valence-electron chi connectivity index (χ2n) is 6.15. The van der Waals surface area contributed by atoms with Gasteiger partial charge >= 0.3 is 0 Å². The lowest BCUT2D eigenvalue weighted by Crippen LogP contribution is -2.05. The van der Waals surface area contributed by atoms with Gasteiger partial charge in [-0.25, -0.2) is 0 Å². The highest BCUT2D eigenvalue weighted by molar-refractivity contribution is 7.99. The molecule has 0 amide bonds. The van der Waals surface area contributed by atoms with Crippen molar-refractivity contribution >= 4 is 35.0 Å². The van der Waals surface area contributed by atoms with Gasteiger partial charge in [-0.05, 0) is 50.6 Å².